The van der Waals surface area contributed by atoms with E-state index in [1.807, 2.05) is 43.0 Å². The first-order chi connectivity index (χ1) is 11.9. The average Bonchev–Trinajstić information content (AvgIpc) is 2.62. The quantitative estimate of drug-likeness (QED) is 0.789. The highest BCUT2D eigenvalue weighted by Gasteiger charge is 2.20. The van der Waals surface area contributed by atoms with Crippen molar-refractivity contribution in [3.8, 4) is 0 Å². The molecule has 1 aromatic rings. The Hall–Kier alpha value is -1.63. The van der Waals surface area contributed by atoms with Gasteiger partial charge in [0, 0.05) is 45.3 Å². The lowest BCUT2D eigenvalue weighted by molar-refractivity contribution is -0.130. The molecule has 0 radical (unpaired) electrons. The van der Waals surface area contributed by atoms with Gasteiger partial charge in [0.25, 0.3) is 0 Å². The van der Waals surface area contributed by atoms with Crippen molar-refractivity contribution < 1.29 is 9.59 Å². The molecule has 2 unspecified atom stereocenters. The highest BCUT2D eigenvalue weighted by Crippen LogP contribution is 2.14. The van der Waals surface area contributed by atoms with Crippen molar-refractivity contribution in [1.29, 1.82) is 0 Å². The van der Waals surface area contributed by atoms with E-state index in [4.69, 9.17) is 5.73 Å². The Bertz CT molecular complexity index is 586. The Labute approximate surface area is 162 Å². The molecule has 1 aromatic carbocycles. The monoisotopic (exact) mass is 382 g/mol. The van der Waals surface area contributed by atoms with Gasteiger partial charge in [0.1, 0.15) is 0 Å². The number of benzene rings is 1. The number of carbonyl (C=O) groups excluding carboxylic acids is 2. The topological polar surface area (TPSA) is 78.7 Å². The van der Waals surface area contributed by atoms with Crippen LogP contribution in [-0.2, 0) is 16.1 Å². The number of nitrogens with zero attached hydrogens (tertiary/aromatic N) is 2. The lowest BCUT2D eigenvalue weighted by Gasteiger charge is -2.34. The minimum absolute atomic E-state index is 0. The van der Waals surface area contributed by atoms with E-state index >= 15 is 0 Å². The van der Waals surface area contributed by atoms with E-state index in [0.29, 0.717) is 0 Å². The van der Waals surface area contributed by atoms with Gasteiger partial charge in [0.15, 0.2) is 0 Å². The predicted molar refractivity (Wildman–Crippen MR) is 107 cm³/mol. The molecule has 7 heteroatoms. The Morgan fingerprint density at radius 3 is 2.23 bits per heavy atom. The van der Waals surface area contributed by atoms with Crippen molar-refractivity contribution in [2.45, 2.75) is 39.8 Å². The van der Waals surface area contributed by atoms with Crippen molar-refractivity contribution in [3.05, 3.63) is 29.8 Å². The predicted octanol–water partition coefficient (Wildman–Crippen LogP) is 2.08. The maximum Gasteiger partial charge on any atom is 0.241 e. The molecule has 6 nitrogen and oxygen atoms in total. The molecule has 146 valence electrons. The number of hydrogen-bond donors (Lipinski definition) is 2. The summed E-state index contributed by atoms with van der Waals surface area (Å²) in [6, 6.07) is 7.41. The summed E-state index contributed by atoms with van der Waals surface area (Å²) in [5, 5.41) is 2.88. The van der Waals surface area contributed by atoms with Crippen molar-refractivity contribution in [2.24, 2.45) is 11.7 Å². The van der Waals surface area contributed by atoms with Crippen LogP contribution in [0.3, 0.4) is 0 Å². The summed E-state index contributed by atoms with van der Waals surface area (Å²) in [6.07, 6.45) is 0.879. The van der Waals surface area contributed by atoms with E-state index in [1.54, 1.807) is 6.92 Å². The zero-order valence-corrected chi connectivity index (χ0v) is 16.7. The van der Waals surface area contributed by atoms with Crippen LogP contribution in [0.25, 0.3) is 0 Å². The van der Waals surface area contributed by atoms with Gasteiger partial charge in [-0.2, -0.15) is 0 Å². The summed E-state index contributed by atoms with van der Waals surface area (Å²) < 4.78 is 0. The molecule has 1 aliphatic rings. The number of amides is 2. The van der Waals surface area contributed by atoms with Crippen LogP contribution in [0.1, 0.15) is 32.8 Å². The van der Waals surface area contributed by atoms with Crippen molar-refractivity contribution in [3.63, 3.8) is 0 Å². The number of anilines is 1. The fraction of sp³-hybridized carbons (Fsp3) is 0.579. The summed E-state index contributed by atoms with van der Waals surface area (Å²) in [4.78, 5) is 27.7. The Morgan fingerprint density at radius 1 is 1.15 bits per heavy atom. The van der Waals surface area contributed by atoms with Gasteiger partial charge in [-0.3, -0.25) is 14.5 Å². The zero-order valence-electron chi connectivity index (χ0n) is 15.9. The third-order valence-electron chi connectivity index (χ3n) is 5.01. The van der Waals surface area contributed by atoms with E-state index in [0.717, 1.165) is 44.8 Å². The second-order valence-electron chi connectivity index (χ2n) is 6.88. The summed E-state index contributed by atoms with van der Waals surface area (Å²) in [6.45, 7) is 9.85. The molecule has 1 fully saturated rings. The summed E-state index contributed by atoms with van der Waals surface area (Å²) in [7, 11) is 0. The minimum Gasteiger partial charge on any atom is -0.340 e. The first-order valence-corrected chi connectivity index (χ1v) is 9.04. The number of carbonyl (C=O) groups is 2. The molecule has 2 amide bonds. The second kappa shape index (κ2) is 10.5. The van der Waals surface area contributed by atoms with Crippen molar-refractivity contribution in [1.82, 2.24) is 9.80 Å². The van der Waals surface area contributed by atoms with Crippen LogP contribution < -0.4 is 11.1 Å². The molecule has 0 spiro atoms. The van der Waals surface area contributed by atoms with Gasteiger partial charge in [-0.15, -0.1) is 12.4 Å². The number of piperazine rings is 1. The van der Waals surface area contributed by atoms with Crippen LogP contribution >= 0.6 is 12.4 Å². The molecular weight excluding hydrogens is 352 g/mol. The van der Waals surface area contributed by atoms with Crippen molar-refractivity contribution in [2.75, 3.05) is 31.5 Å². The molecule has 1 heterocycles. The Morgan fingerprint density at radius 2 is 1.73 bits per heavy atom. The molecule has 26 heavy (non-hydrogen) atoms. The largest absolute Gasteiger partial charge is 0.340 e. The first kappa shape index (κ1) is 22.4. The fourth-order valence-electron chi connectivity index (χ4n) is 2.91. The molecule has 1 aliphatic heterocycles. The molecule has 0 bridgehead atoms. The number of rotatable bonds is 6. The smallest absolute Gasteiger partial charge is 0.241 e. The number of halogens is 1. The molecule has 0 aromatic heterocycles. The van der Waals surface area contributed by atoms with Gasteiger partial charge in [0.2, 0.25) is 11.8 Å². The first-order valence-electron chi connectivity index (χ1n) is 9.04. The average molecular weight is 383 g/mol. The molecule has 0 saturated carbocycles. The van der Waals surface area contributed by atoms with Gasteiger partial charge >= 0.3 is 0 Å². The SMILES string of the molecule is CCC(C)C(N)C(=O)Nc1ccc(CN2CCN(C(C)=O)CC2)cc1.Cl. The van der Waals surface area contributed by atoms with Gasteiger partial charge < -0.3 is 16.0 Å². The van der Waals surface area contributed by atoms with E-state index in [9.17, 15) is 9.59 Å². The molecule has 2 atom stereocenters. The number of nitrogens with two attached hydrogens (primary N) is 1. The van der Waals surface area contributed by atoms with E-state index in [1.165, 1.54) is 5.56 Å². The maximum atomic E-state index is 12.1. The highest BCUT2D eigenvalue weighted by molar-refractivity contribution is 5.94. The van der Waals surface area contributed by atoms with Gasteiger partial charge in [-0.25, -0.2) is 0 Å². The molecular formula is C19H31ClN4O2. The van der Waals surface area contributed by atoms with E-state index < -0.39 is 6.04 Å². The van der Waals surface area contributed by atoms with Crippen LogP contribution in [0.2, 0.25) is 0 Å². The summed E-state index contributed by atoms with van der Waals surface area (Å²) in [5.41, 5.74) is 7.93. The van der Waals surface area contributed by atoms with Crippen LogP contribution in [-0.4, -0.2) is 53.8 Å². The third-order valence-corrected chi connectivity index (χ3v) is 5.01. The summed E-state index contributed by atoms with van der Waals surface area (Å²) in [5.74, 6) is 0.172. The van der Waals surface area contributed by atoms with Crippen LogP contribution in [0.15, 0.2) is 24.3 Å². The van der Waals surface area contributed by atoms with Crippen LogP contribution in [0.5, 0.6) is 0 Å². The van der Waals surface area contributed by atoms with E-state index in [-0.39, 0.29) is 30.1 Å². The lowest BCUT2D eigenvalue weighted by Crippen LogP contribution is -2.47. The molecule has 0 aliphatic carbocycles. The minimum atomic E-state index is -0.484. The number of hydrogen-bond acceptors (Lipinski definition) is 4. The molecule has 2 rings (SSSR count). The second-order valence-corrected chi connectivity index (χ2v) is 6.88. The number of nitrogens with one attached hydrogen (secondary N) is 1. The van der Waals surface area contributed by atoms with Gasteiger partial charge in [-0.1, -0.05) is 32.4 Å². The Kier molecular flexibility index (Phi) is 9.05. The van der Waals surface area contributed by atoms with Crippen LogP contribution in [0, 0.1) is 5.92 Å². The normalized spacial score (nSPS) is 17.2. The van der Waals surface area contributed by atoms with Crippen molar-refractivity contribution >= 4 is 29.9 Å². The summed E-state index contributed by atoms with van der Waals surface area (Å²) >= 11 is 0. The molecule has 1 saturated heterocycles. The van der Waals surface area contributed by atoms with Gasteiger partial charge in [0.05, 0.1) is 6.04 Å². The fourth-order valence-corrected chi connectivity index (χ4v) is 2.91. The lowest BCUT2D eigenvalue weighted by atomic mass is 9.99. The highest BCUT2D eigenvalue weighted by atomic mass is 35.5. The zero-order chi connectivity index (χ0) is 18.4. The van der Waals surface area contributed by atoms with Gasteiger partial charge in [-0.05, 0) is 23.6 Å². The third kappa shape index (κ3) is 6.27. The maximum absolute atomic E-state index is 12.1. The standard InChI is InChI=1S/C19H30N4O2.ClH/c1-4-14(2)18(20)19(25)21-17-7-5-16(6-8-17)13-22-9-11-23(12-10-22)15(3)24;/h5-8,14,18H,4,9-13,20H2,1-3H3,(H,21,25);1H. The Balaban J connectivity index is 0.00000338. The molecule has 3 N–H and O–H groups in total. The van der Waals surface area contributed by atoms with E-state index in [2.05, 4.69) is 10.2 Å². The van der Waals surface area contributed by atoms with Crippen LogP contribution in [0.4, 0.5) is 5.69 Å².